The molecule has 0 unspecified atom stereocenters. The first-order valence-electron chi connectivity index (χ1n) is 8.41. The average molecular weight is 308 g/mol. The van der Waals surface area contributed by atoms with Gasteiger partial charge in [-0.25, -0.2) is 0 Å². The molecule has 0 spiro atoms. The molecule has 1 N–H and O–H groups in total. The maximum Gasteiger partial charge on any atom is 0.229 e. The second-order valence-corrected chi connectivity index (χ2v) is 7.62. The van der Waals surface area contributed by atoms with Crippen molar-refractivity contribution >= 4 is 17.7 Å². The van der Waals surface area contributed by atoms with E-state index >= 15 is 0 Å². The molecule has 2 aliphatic rings. The van der Waals surface area contributed by atoms with Crippen molar-refractivity contribution in [2.45, 2.75) is 71.8 Å². The van der Waals surface area contributed by atoms with Crippen molar-refractivity contribution in [1.82, 2.24) is 10.2 Å². The fraction of sp³-hybridized carbons (Fsp3) is 0.824. The lowest BCUT2D eigenvalue weighted by molar-refractivity contribution is -0.138. The lowest BCUT2D eigenvalue weighted by Gasteiger charge is -2.40. The Labute approximate surface area is 132 Å². The first-order chi connectivity index (χ1) is 10.3. The van der Waals surface area contributed by atoms with Crippen molar-refractivity contribution < 1.29 is 14.4 Å². The Balaban J connectivity index is 1.85. The fourth-order valence-electron chi connectivity index (χ4n) is 3.70. The molecule has 0 bridgehead atoms. The number of rotatable bonds is 4. The van der Waals surface area contributed by atoms with E-state index in [0.29, 0.717) is 5.92 Å². The van der Waals surface area contributed by atoms with Crippen molar-refractivity contribution in [3.05, 3.63) is 0 Å². The summed E-state index contributed by atoms with van der Waals surface area (Å²) in [7, 11) is 0. The molecule has 1 saturated carbocycles. The number of imide groups is 1. The molecule has 22 heavy (non-hydrogen) atoms. The van der Waals surface area contributed by atoms with Gasteiger partial charge in [0.15, 0.2) is 0 Å². The van der Waals surface area contributed by atoms with Gasteiger partial charge in [-0.1, -0.05) is 33.6 Å². The topological polar surface area (TPSA) is 66.5 Å². The van der Waals surface area contributed by atoms with E-state index in [2.05, 4.69) is 26.1 Å². The van der Waals surface area contributed by atoms with E-state index in [1.54, 1.807) is 0 Å². The van der Waals surface area contributed by atoms with Crippen LogP contribution in [0.15, 0.2) is 0 Å². The first-order valence-corrected chi connectivity index (χ1v) is 8.41. The second kappa shape index (κ2) is 6.80. The summed E-state index contributed by atoms with van der Waals surface area (Å²) in [6.45, 7) is 6.90. The van der Waals surface area contributed by atoms with Gasteiger partial charge in [0.1, 0.15) is 0 Å². The van der Waals surface area contributed by atoms with E-state index < -0.39 is 0 Å². The van der Waals surface area contributed by atoms with Crippen LogP contribution in [0.1, 0.15) is 65.7 Å². The van der Waals surface area contributed by atoms with Gasteiger partial charge in [0, 0.05) is 31.8 Å². The van der Waals surface area contributed by atoms with Crippen LogP contribution in [0, 0.1) is 11.3 Å². The SMILES string of the molecule is CC(C)(C)[C@@H]1CCCC[C@@H]1NC(=O)CCN1C(=O)CCC1=O. The molecule has 0 aromatic rings. The molecule has 5 nitrogen and oxygen atoms in total. The summed E-state index contributed by atoms with van der Waals surface area (Å²) in [5, 5.41) is 3.14. The van der Waals surface area contributed by atoms with Crippen molar-refractivity contribution in [1.29, 1.82) is 0 Å². The minimum Gasteiger partial charge on any atom is -0.353 e. The van der Waals surface area contributed by atoms with E-state index in [4.69, 9.17) is 0 Å². The van der Waals surface area contributed by atoms with Gasteiger partial charge in [-0.05, 0) is 24.2 Å². The number of nitrogens with zero attached hydrogens (tertiary/aromatic N) is 1. The molecule has 0 radical (unpaired) electrons. The number of carbonyl (C=O) groups is 3. The number of hydrogen-bond acceptors (Lipinski definition) is 3. The Morgan fingerprint density at radius 2 is 1.73 bits per heavy atom. The highest BCUT2D eigenvalue weighted by molar-refractivity contribution is 6.02. The van der Waals surface area contributed by atoms with Crippen LogP contribution in [0.5, 0.6) is 0 Å². The minimum absolute atomic E-state index is 0.0475. The normalized spacial score (nSPS) is 26.4. The molecule has 1 aliphatic heterocycles. The maximum atomic E-state index is 12.2. The molecule has 1 heterocycles. The molecule has 2 fully saturated rings. The third-order valence-corrected chi connectivity index (χ3v) is 4.94. The summed E-state index contributed by atoms with van der Waals surface area (Å²) in [6.07, 6.45) is 5.34. The highest BCUT2D eigenvalue weighted by atomic mass is 16.2. The van der Waals surface area contributed by atoms with Gasteiger partial charge in [-0.3, -0.25) is 19.3 Å². The monoisotopic (exact) mass is 308 g/mol. The number of likely N-dealkylation sites (tertiary alicyclic amines) is 1. The van der Waals surface area contributed by atoms with Gasteiger partial charge >= 0.3 is 0 Å². The van der Waals surface area contributed by atoms with Crippen molar-refractivity contribution in [3.63, 3.8) is 0 Å². The Hall–Kier alpha value is -1.39. The molecule has 0 aromatic carbocycles. The second-order valence-electron chi connectivity index (χ2n) is 7.62. The van der Waals surface area contributed by atoms with Gasteiger partial charge in [0.25, 0.3) is 0 Å². The predicted molar refractivity (Wildman–Crippen MR) is 83.9 cm³/mol. The van der Waals surface area contributed by atoms with Crippen LogP contribution in [0.25, 0.3) is 0 Å². The standard InChI is InChI=1S/C17H28N2O3/c1-17(2,3)12-6-4-5-7-13(12)18-14(20)10-11-19-15(21)8-9-16(19)22/h12-13H,4-11H2,1-3H3,(H,18,20)/t12-,13+/m1/s1. The van der Waals surface area contributed by atoms with E-state index in [1.165, 1.54) is 11.3 Å². The molecule has 2 rings (SSSR count). The number of hydrogen-bond donors (Lipinski definition) is 1. The maximum absolute atomic E-state index is 12.2. The molecule has 1 saturated heterocycles. The number of carbonyl (C=O) groups excluding carboxylic acids is 3. The third-order valence-electron chi connectivity index (χ3n) is 4.94. The highest BCUT2D eigenvalue weighted by Gasteiger charge is 2.35. The molecule has 5 heteroatoms. The average Bonchev–Trinajstić information content (AvgIpc) is 2.75. The van der Waals surface area contributed by atoms with Crippen LogP contribution < -0.4 is 5.32 Å². The van der Waals surface area contributed by atoms with E-state index in [0.717, 1.165) is 19.3 Å². The van der Waals surface area contributed by atoms with Crippen LogP contribution in [-0.4, -0.2) is 35.2 Å². The first kappa shape index (κ1) is 17.0. The molecule has 3 amide bonds. The van der Waals surface area contributed by atoms with Gasteiger partial charge in [-0.15, -0.1) is 0 Å². The smallest absolute Gasteiger partial charge is 0.229 e. The van der Waals surface area contributed by atoms with Crippen LogP contribution in [0.3, 0.4) is 0 Å². The van der Waals surface area contributed by atoms with Crippen LogP contribution in [0.4, 0.5) is 0 Å². The fourth-order valence-corrected chi connectivity index (χ4v) is 3.70. The molecular formula is C17H28N2O3. The zero-order valence-corrected chi connectivity index (χ0v) is 14.0. The van der Waals surface area contributed by atoms with E-state index in [1.807, 2.05) is 0 Å². The van der Waals surface area contributed by atoms with Gasteiger partial charge in [0.2, 0.25) is 17.7 Å². The molecule has 124 valence electrons. The van der Waals surface area contributed by atoms with Crippen LogP contribution in [-0.2, 0) is 14.4 Å². The van der Waals surface area contributed by atoms with Gasteiger partial charge < -0.3 is 5.32 Å². The summed E-state index contributed by atoms with van der Waals surface area (Å²) in [5.74, 6) is 0.139. The summed E-state index contributed by atoms with van der Waals surface area (Å²) in [5.41, 5.74) is 0.180. The molecule has 2 atom stereocenters. The van der Waals surface area contributed by atoms with Crippen molar-refractivity contribution in [2.24, 2.45) is 11.3 Å². The number of amides is 3. The lowest BCUT2D eigenvalue weighted by atomic mass is 9.69. The van der Waals surface area contributed by atoms with Crippen molar-refractivity contribution in [2.75, 3.05) is 6.54 Å². The lowest BCUT2D eigenvalue weighted by Crippen LogP contribution is -2.47. The van der Waals surface area contributed by atoms with E-state index in [-0.39, 0.29) is 55.0 Å². The Morgan fingerprint density at radius 3 is 2.32 bits per heavy atom. The Kier molecular flexibility index (Phi) is 5.24. The van der Waals surface area contributed by atoms with Gasteiger partial charge in [0.05, 0.1) is 0 Å². The highest BCUT2D eigenvalue weighted by Crippen LogP contribution is 2.38. The summed E-state index contributed by atoms with van der Waals surface area (Å²) in [6, 6.07) is 0.214. The summed E-state index contributed by atoms with van der Waals surface area (Å²) < 4.78 is 0. The predicted octanol–water partition coefficient (Wildman–Crippen LogP) is 2.25. The quantitative estimate of drug-likeness (QED) is 0.810. The zero-order chi connectivity index (χ0) is 16.3. The summed E-state index contributed by atoms with van der Waals surface area (Å²) >= 11 is 0. The number of nitrogens with one attached hydrogen (secondary N) is 1. The van der Waals surface area contributed by atoms with Gasteiger partial charge in [-0.2, -0.15) is 0 Å². The Morgan fingerprint density at radius 1 is 1.14 bits per heavy atom. The molecular weight excluding hydrogens is 280 g/mol. The van der Waals surface area contributed by atoms with Crippen molar-refractivity contribution in [3.8, 4) is 0 Å². The van der Waals surface area contributed by atoms with Crippen LogP contribution >= 0.6 is 0 Å². The zero-order valence-electron chi connectivity index (χ0n) is 14.0. The molecule has 0 aromatic heterocycles. The largest absolute Gasteiger partial charge is 0.353 e. The Bertz CT molecular complexity index is 437. The molecule has 1 aliphatic carbocycles. The third kappa shape index (κ3) is 4.08. The van der Waals surface area contributed by atoms with E-state index in [9.17, 15) is 14.4 Å². The minimum atomic E-state index is -0.150. The summed E-state index contributed by atoms with van der Waals surface area (Å²) in [4.78, 5) is 36.5. The van der Waals surface area contributed by atoms with Crippen LogP contribution in [0.2, 0.25) is 0 Å².